The topological polar surface area (TPSA) is 62.2 Å². The van der Waals surface area contributed by atoms with Crippen LogP contribution in [0.3, 0.4) is 0 Å². The molecule has 1 aromatic heterocycles. The average molecular weight is 292 g/mol. The van der Waals surface area contributed by atoms with Crippen molar-refractivity contribution in [3.8, 4) is 0 Å². The van der Waals surface area contributed by atoms with Crippen molar-refractivity contribution in [1.82, 2.24) is 4.98 Å². The van der Waals surface area contributed by atoms with Gasteiger partial charge in [0.25, 0.3) is 0 Å². The van der Waals surface area contributed by atoms with Gasteiger partial charge in [-0.25, -0.2) is 4.79 Å². The van der Waals surface area contributed by atoms with Crippen molar-refractivity contribution < 1.29 is 9.90 Å². The molecule has 4 heteroatoms. The molecule has 1 heterocycles. The summed E-state index contributed by atoms with van der Waals surface area (Å²) in [5.74, 6) is -0.949. The molecule has 0 fully saturated rings. The van der Waals surface area contributed by atoms with Gasteiger partial charge >= 0.3 is 5.97 Å². The van der Waals surface area contributed by atoms with E-state index in [2.05, 4.69) is 40.6 Å². The molecule has 0 unspecified atom stereocenters. The molecule has 0 radical (unpaired) electrons. The molecule has 0 aliphatic carbocycles. The molecular formula is C18H16N2O2. The highest BCUT2D eigenvalue weighted by atomic mass is 16.4. The minimum absolute atomic E-state index is 0.244. The quantitative estimate of drug-likeness (QED) is 0.754. The fourth-order valence-corrected chi connectivity index (χ4v) is 2.46. The Bertz CT molecular complexity index is 815. The van der Waals surface area contributed by atoms with Gasteiger partial charge < -0.3 is 10.4 Å². The summed E-state index contributed by atoms with van der Waals surface area (Å²) < 4.78 is 0. The number of nitrogens with one attached hydrogen (secondary N) is 1. The van der Waals surface area contributed by atoms with E-state index in [0.29, 0.717) is 12.2 Å². The number of rotatable bonds is 5. The van der Waals surface area contributed by atoms with Crippen molar-refractivity contribution in [1.29, 1.82) is 0 Å². The molecule has 0 aliphatic heterocycles. The molecule has 110 valence electrons. The van der Waals surface area contributed by atoms with Crippen LogP contribution in [0, 0.1) is 0 Å². The summed E-state index contributed by atoms with van der Waals surface area (Å²) in [6.45, 7) is 0.657. The van der Waals surface area contributed by atoms with Crippen LogP contribution in [0.1, 0.15) is 15.9 Å². The van der Waals surface area contributed by atoms with E-state index in [4.69, 9.17) is 5.11 Å². The highest BCUT2D eigenvalue weighted by Crippen LogP contribution is 2.17. The Kier molecular flexibility index (Phi) is 4.01. The number of nitrogens with zero attached hydrogens (tertiary/aromatic N) is 1. The zero-order valence-corrected chi connectivity index (χ0v) is 12.0. The number of pyridine rings is 1. The first-order chi connectivity index (χ1) is 10.7. The lowest BCUT2D eigenvalue weighted by Crippen LogP contribution is -2.09. The Hall–Kier alpha value is -2.88. The first-order valence-electron chi connectivity index (χ1n) is 7.13. The number of benzene rings is 2. The highest BCUT2D eigenvalue weighted by molar-refractivity contribution is 5.93. The monoisotopic (exact) mass is 292 g/mol. The third-order valence-electron chi connectivity index (χ3n) is 3.59. The summed E-state index contributed by atoms with van der Waals surface area (Å²) in [5.41, 5.74) is 2.01. The Morgan fingerprint density at radius 1 is 1.09 bits per heavy atom. The van der Waals surface area contributed by atoms with Gasteiger partial charge in [-0.2, -0.15) is 0 Å². The third kappa shape index (κ3) is 3.06. The van der Waals surface area contributed by atoms with Crippen LogP contribution in [-0.4, -0.2) is 22.6 Å². The summed E-state index contributed by atoms with van der Waals surface area (Å²) in [6, 6.07) is 16.1. The van der Waals surface area contributed by atoms with Gasteiger partial charge in [-0.1, -0.05) is 42.5 Å². The van der Waals surface area contributed by atoms with Crippen molar-refractivity contribution in [2.24, 2.45) is 0 Å². The van der Waals surface area contributed by atoms with E-state index in [1.54, 1.807) is 6.20 Å². The zero-order valence-electron chi connectivity index (χ0n) is 12.0. The molecular weight excluding hydrogens is 276 g/mol. The predicted octanol–water partition coefficient (Wildman–Crippen LogP) is 3.59. The number of hydrogen-bond donors (Lipinski definition) is 2. The maximum atomic E-state index is 11.1. The standard InChI is InChI=1S/C18H16N2O2/c21-18(22)16-8-9-19-12-17(16)20-10-7-13-5-6-14-3-1-2-4-15(14)11-13/h1-6,8-9,11-12,20H,7,10H2,(H,21,22). The number of carboxylic acids is 1. The molecule has 0 saturated carbocycles. The SMILES string of the molecule is O=C(O)c1ccncc1NCCc1ccc2ccccc2c1. The fourth-order valence-electron chi connectivity index (χ4n) is 2.46. The lowest BCUT2D eigenvalue weighted by atomic mass is 10.1. The van der Waals surface area contributed by atoms with Gasteiger partial charge in [0, 0.05) is 12.7 Å². The molecule has 3 rings (SSSR count). The van der Waals surface area contributed by atoms with Crippen LogP contribution in [-0.2, 0) is 6.42 Å². The average Bonchev–Trinajstić information content (AvgIpc) is 2.55. The summed E-state index contributed by atoms with van der Waals surface area (Å²) in [4.78, 5) is 15.1. The summed E-state index contributed by atoms with van der Waals surface area (Å²) in [6.07, 6.45) is 3.85. The van der Waals surface area contributed by atoms with E-state index in [1.165, 1.54) is 28.6 Å². The van der Waals surface area contributed by atoms with Gasteiger partial charge in [0.15, 0.2) is 0 Å². The van der Waals surface area contributed by atoms with Gasteiger partial charge in [-0.3, -0.25) is 4.98 Å². The second kappa shape index (κ2) is 6.26. The van der Waals surface area contributed by atoms with E-state index >= 15 is 0 Å². The molecule has 2 aromatic carbocycles. The van der Waals surface area contributed by atoms with Crippen LogP contribution in [0.4, 0.5) is 5.69 Å². The van der Waals surface area contributed by atoms with Crippen molar-refractivity contribution in [2.75, 3.05) is 11.9 Å². The maximum Gasteiger partial charge on any atom is 0.337 e. The van der Waals surface area contributed by atoms with Crippen molar-refractivity contribution in [3.05, 3.63) is 72.1 Å². The van der Waals surface area contributed by atoms with Crippen LogP contribution in [0.5, 0.6) is 0 Å². The largest absolute Gasteiger partial charge is 0.478 e. The molecule has 2 N–H and O–H groups in total. The summed E-state index contributed by atoms with van der Waals surface area (Å²) in [5, 5.41) is 14.7. The molecule has 0 spiro atoms. The lowest BCUT2D eigenvalue weighted by molar-refractivity contribution is 0.0698. The number of anilines is 1. The minimum Gasteiger partial charge on any atom is -0.478 e. The van der Waals surface area contributed by atoms with Crippen LogP contribution >= 0.6 is 0 Å². The highest BCUT2D eigenvalue weighted by Gasteiger charge is 2.08. The van der Waals surface area contributed by atoms with Gasteiger partial charge in [-0.05, 0) is 28.8 Å². The van der Waals surface area contributed by atoms with Crippen LogP contribution < -0.4 is 5.32 Å². The first-order valence-corrected chi connectivity index (χ1v) is 7.13. The Labute approximate surface area is 128 Å². The molecule has 0 bridgehead atoms. The van der Waals surface area contributed by atoms with E-state index in [0.717, 1.165) is 6.42 Å². The molecule has 0 saturated heterocycles. The van der Waals surface area contributed by atoms with Crippen LogP contribution in [0.25, 0.3) is 10.8 Å². The third-order valence-corrected chi connectivity index (χ3v) is 3.59. The van der Waals surface area contributed by atoms with E-state index in [-0.39, 0.29) is 5.56 Å². The zero-order chi connectivity index (χ0) is 15.4. The lowest BCUT2D eigenvalue weighted by Gasteiger charge is -2.09. The molecule has 0 atom stereocenters. The molecule has 4 nitrogen and oxygen atoms in total. The van der Waals surface area contributed by atoms with Gasteiger partial charge in [0.05, 0.1) is 17.4 Å². The second-order valence-electron chi connectivity index (χ2n) is 5.08. The summed E-state index contributed by atoms with van der Waals surface area (Å²) in [7, 11) is 0. The van der Waals surface area contributed by atoms with Crippen molar-refractivity contribution in [3.63, 3.8) is 0 Å². The predicted molar refractivity (Wildman–Crippen MR) is 87.3 cm³/mol. The van der Waals surface area contributed by atoms with Gasteiger partial charge in [0.1, 0.15) is 0 Å². The van der Waals surface area contributed by atoms with E-state index in [1.807, 2.05) is 12.1 Å². The molecule has 22 heavy (non-hydrogen) atoms. The maximum absolute atomic E-state index is 11.1. The molecule has 0 aliphatic rings. The Balaban J connectivity index is 1.68. The molecule has 3 aromatic rings. The Morgan fingerprint density at radius 3 is 2.73 bits per heavy atom. The number of aromatic nitrogens is 1. The van der Waals surface area contributed by atoms with E-state index < -0.39 is 5.97 Å². The smallest absolute Gasteiger partial charge is 0.337 e. The van der Waals surface area contributed by atoms with Crippen molar-refractivity contribution >= 4 is 22.4 Å². The number of carboxylic acid groups (broad SMARTS) is 1. The van der Waals surface area contributed by atoms with Crippen LogP contribution in [0.2, 0.25) is 0 Å². The van der Waals surface area contributed by atoms with E-state index in [9.17, 15) is 4.79 Å². The van der Waals surface area contributed by atoms with Gasteiger partial charge in [0.2, 0.25) is 0 Å². The Morgan fingerprint density at radius 2 is 1.91 bits per heavy atom. The second-order valence-corrected chi connectivity index (χ2v) is 5.08. The fraction of sp³-hybridized carbons (Fsp3) is 0.111. The number of aromatic carboxylic acids is 1. The first kappa shape index (κ1) is 14.1. The van der Waals surface area contributed by atoms with Crippen molar-refractivity contribution in [2.45, 2.75) is 6.42 Å². The normalized spacial score (nSPS) is 10.5. The minimum atomic E-state index is -0.949. The number of hydrogen-bond acceptors (Lipinski definition) is 3. The molecule has 0 amide bonds. The number of fused-ring (bicyclic) bond motifs is 1. The summed E-state index contributed by atoms with van der Waals surface area (Å²) >= 11 is 0. The van der Waals surface area contributed by atoms with Gasteiger partial charge in [-0.15, -0.1) is 0 Å². The van der Waals surface area contributed by atoms with Crippen LogP contribution in [0.15, 0.2) is 60.9 Å². The number of carbonyl (C=O) groups is 1.